The fourth-order valence-electron chi connectivity index (χ4n) is 1.62. The predicted molar refractivity (Wildman–Crippen MR) is 58.9 cm³/mol. The van der Waals surface area contributed by atoms with Crippen molar-refractivity contribution >= 4 is 0 Å². The first-order valence-electron chi connectivity index (χ1n) is 5.30. The molecule has 1 saturated heterocycles. The van der Waals surface area contributed by atoms with Gasteiger partial charge in [0.1, 0.15) is 5.75 Å². The van der Waals surface area contributed by atoms with E-state index >= 15 is 0 Å². The molecule has 0 N–H and O–H groups in total. The molecule has 0 atom stereocenters. The molecular formula is C13H16O2. The fourth-order valence-corrected chi connectivity index (χ4v) is 1.62. The highest BCUT2D eigenvalue weighted by molar-refractivity contribution is 5.30. The Labute approximate surface area is 91.2 Å². The molecule has 1 heterocycles. The van der Waals surface area contributed by atoms with E-state index in [0.29, 0.717) is 6.61 Å². The van der Waals surface area contributed by atoms with Gasteiger partial charge in [-0.15, -0.1) is 0 Å². The first-order chi connectivity index (χ1) is 7.24. The highest BCUT2D eigenvalue weighted by atomic mass is 16.5. The van der Waals surface area contributed by atoms with Crippen LogP contribution in [0.4, 0.5) is 0 Å². The first kappa shape index (κ1) is 10.5. The van der Waals surface area contributed by atoms with Gasteiger partial charge in [-0.3, -0.25) is 0 Å². The van der Waals surface area contributed by atoms with Crippen LogP contribution in [0.25, 0.3) is 0 Å². The van der Waals surface area contributed by atoms with Crippen molar-refractivity contribution in [2.24, 2.45) is 5.41 Å². The topological polar surface area (TPSA) is 18.5 Å². The Morgan fingerprint density at radius 1 is 1.47 bits per heavy atom. The molecule has 1 aromatic carbocycles. The molecule has 80 valence electrons. The molecule has 1 aliphatic heterocycles. The van der Waals surface area contributed by atoms with E-state index in [2.05, 4.69) is 6.92 Å². The second-order valence-electron chi connectivity index (χ2n) is 4.21. The Kier molecular flexibility index (Phi) is 2.96. The summed E-state index contributed by atoms with van der Waals surface area (Å²) in [4.78, 5) is 0. The van der Waals surface area contributed by atoms with E-state index < -0.39 is 0 Å². The number of rotatable bonds is 4. The molecule has 0 unspecified atom stereocenters. The van der Waals surface area contributed by atoms with Gasteiger partial charge in [-0.2, -0.15) is 0 Å². The van der Waals surface area contributed by atoms with Crippen molar-refractivity contribution in [1.82, 2.24) is 0 Å². The summed E-state index contributed by atoms with van der Waals surface area (Å²) in [5, 5.41) is 0. The second kappa shape index (κ2) is 4.23. The minimum Gasteiger partial charge on any atom is -0.493 e. The Hall–Kier alpha value is -1.02. The van der Waals surface area contributed by atoms with Crippen LogP contribution < -0.4 is 4.74 Å². The third kappa shape index (κ3) is 2.32. The van der Waals surface area contributed by atoms with Crippen LogP contribution >= 0.6 is 0 Å². The normalized spacial score (nSPS) is 18.3. The summed E-state index contributed by atoms with van der Waals surface area (Å²) in [6, 6.07) is 7.54. The predicted octanol–water partition coefficient (Wildman–Crippen LogP) is 2.55. The van der Waals surface area contributed by atoms with Crippen LogP contribution in [-0.4, -0.2) is 19.8 Å². The third-order valence-corrected chi connectivity index (χ3v) is 2.97. The maximum atomic E-state index is 5.72. The highest BCUT2D eigenvalue weighted by Gasteiger charge is 2.37. The summed E-state index contributed by atoms with van der Waals surface area (Å²) < 4.78 is 11.0. The van der Waals surface area contributed by atoms with Crippen LogP contribution in [0, 0.1) is 12.3 Å². The van der Waals surface area contributed by atoms with Gasteiger partial charge in [-0.1, -0.05) is 19.1 Å². The van der Waals surface area contributed by atoms with Gasteiger partial charge in [0.2, 0.25) is 0 Å². The monoisotopic (exact) mass is 204 g/mol. The Morgan fingerprint density at radius 3 is 2.80 bits per heavy atom. The standard InChI is InChI=1S/C13H16O2/c1-3-13(8-14-9-13)10-15-12-6-4-5-11(2)7-12/h2,4-7H,3,8-10H2,1H3. The fraction of sp³-hybridized carbons (Fsp3) is 0.462. The van der Waals surface area contributed by atoms with Gasteiger partial charge in [0.25, 0.3) is 0 Å². The van der Waals surface area contributed by atoms with Gasteiger partial charge in [0.05, 0.1) is 25.2 Å². The summed E-state index contributed by atoms with van der Waals surface area (Å²) in [5.74, 6) is 0.842. The summed E-state index contributed by atoms with van der Waals surface area (Å²) in [6.07, 6.45) is 1.09. The average molecular weight is 204 g/mol. The van der Waals surface area contributed by atoms with Gasteiger partial charge in [-0.05, 0) is 31.0 Å². The molecule has 0 spiro atoms. The Morgan fingerprint density at radius 2 is 2.27 bits per heavy atom. The third-order valence-electron chi connectivity index (χ3n) is 2.97. The van der Waals surface area contributed by atoms with Gasteiger partial charge in [-0.25, -0.2) is 0 Å². The van der Waals surface area contributed by atoms with E-state index in [9.17, 15) is 0 Å². The van der Waals surface area contributed by atoms with Crippen molar-refractivity contribution in [3.05, 3.63) is 36.8 Å². The van der Waals surface area contributed by atoms with E-state index in [1.165, 1.54) is 0 Å². The number of ether oxygens (including phenoxy) is 2. The van der Waals surface area contributed by atoms with Crippen LogP contribution in [0.1, 0.15) is 18.9 Å². The number of benzene rings is 1. The van der Waals surface area contributed by atoms with Crippen LogP contribution in [-0.2, 0) is 4.74 Å². The maximum absolute atomic E-state index is 5.72. The van der Waals surface area contributed by atoms with Crippen LogP contribution in [0.2, 0.25) is 0 Å². The molecule has 1 fully saturated rings. The van der Waals surface area contributed by atoms with Gasteiger partial charge < -0.3 is 9.47 Å². The van der Waals surface area contributed by atoms with E-state index in [1.807, 2.05) is 24.3 Å². The molecule has 2 nitrogen and oxygen atoms in total. The minimum atomic E-state index is 0.227. The lowest BCUT2D eigenvalue weighted by Crippen LogP contribution is -2.46. The lowest BCUT2D eigenvalue weighted by Gasteiger charge is -2.40. The highest BCUT2D eigenvalue weighted by Crippen LogP contribution is 2.31. The van der Waals surface area contributed by atoms with E-state index in [0.717, 1.165) is 30.9 Å². The second-order valence-corrected chi connectivity index (χ2v) is 4.21. The summed E-state index contributed by atoms with van der Waals surface area (Å²) >= 11 is 0. The smallest absolute Gasteiger partial charge is 0.119 e. The first-order valence-corrected chi connectivity index (χ1v) is 5.30. The van der Waals surface area contributed by atoms with Crippen LogP contribution in [0.3, 0.4) is 0 Å². The van der Waals surface area contributed by atoms with Crippen LogP contribution in [0.15, 0.2) is 24.3 Å². The quantitative estimate of drug-likeness (QED) is 0.750. The summed E-state index contributed by atoms with van der Waals surface area (Å²) in [7, 11) is 0. The van der Waals surface area contributed by atoms with Crippen molar-refractivity contribution in [3.63, 3.8) is 0 Å². The molecule has 2 rings (SSSR count). The van der Waals surface area contributed by atoms with Crippen molar-refractivity contribution in [2.45, 2.75) is 13.3 Å². The van der Waals surface area contributed by atoms with Gasteiger partial charge in [0.15, 0.2) is 0 Å². The molecule has 1 aromatic rings. The zero-order chi connectivity index (χ0) is 10.7. The summed E-state index contributed by atoms with van der Waals surface area (Å²) in [5.41, 5.74) is 0.966. The Balaban J connectivity index is 1.92. The molecule has 0 aromatic heterocycles. The lowest BCUT2D eigenvalue weighted by atomic mass is 9.84. The van der Waals surface area contributed by atoms with Gasteiger partial charge >= 0.3 is 0 Å². The van der Waals surface area contributed by atoms with E-state index in [1.54, 1.807) is 0 Å². The average Bonchev–Trinajstić information content (AvgIpc) is 2.17. The van der Waals surface area contributed by atoms with Crippen molar-refractivity contribution < 1.29 is 9.47 Å². The van der Waals surface area contributed by atoms with Gasteiger partial charge in [0, 0.05) is 0 Å². The molecule has 15 heavy (non-hydrogen) atoms. The zero-order valence-electron chi connectivity index (χ0n) is 9.03. The molecule has 0 saturated carbocycles. The number of hydrogen-bond acceptors (Lipinski definition) is 2. The van der Waals surface area contributed by atoms with E-state index in [-0.39, 0.29) is 5.41 Å². The van der Waals surface area contributed by atoms with Crippen molar-refractivity contribution in [2.75, 3.05) is 19.8 Å². The SMILES string of the molecule is [CH]c1cccc(OCC2(CC)COC2)c1. The molecule has 0 bridgehead atoms. The molecular weight excluding hydrogens is 188 g/mol. The molecule has 0 amide bonds. The zero-order valence-corrected chi connectivity index (χ0v) is 9.03. The molecule has 0 aliphatic carbocycles. The molecule has 1 aliphatic rings. The van der Waals surface area contributed by atoms with Crippen molar-refractivity contribution in [3.8, 4) is 5.75 Å². The lowest BCUT2D eigenvalue weighted by molar-refractivity contribution is -0.133. The van der Waals surface area contributed by atoms with Crippen molar-refractivity contribution in [1.29, 1.82) is 0 Å². The Bertz CT molecular complexity index is 324. The van der Waals surface area contributed by atoms with Crippen LogP contribution in [0.5, 0.6) is 5.75 Å². The number of hydrogen-bond donors (Lipinski definition) is 0. The largest absolute Gasteiger partial charge is 0.493 e. The summed E-state index contributed by atoms with van der Waals surface area (Å²) in [6.45, 7) is 10.2. The minimum absolute atomic E-state index is 0.227. The molecule has 2 radical (unpaired) electrons. The van der Waals surface area contributed by atoms with E-state index in [4.69, 9.17) is 16.4 Å². The molecule has 2 heteroatoms. The maximum Gasteiger partial charge on any atom is 0.119 e.